The number of hydrogen-bond acceptors (Lipinski definition) is 4. The minimum atomic E-state index is -4.68. The first kappa shape index (κ1) is 22.0. The summed E-state index contributed by atoms with van der Waals surface area (Å²) in [5.74, 6) is -2.74. The van der Waals surface area contributed by atoms with Crippen LogP contribution in [0.1, 0.15) is 29.2 Å². The van der Waals surface area contributed by atoms with E-state index in [-0.39, 0.29) is 43.9 Å². The van der Waals surface area contributed by atoms with Gasteiger partial charge in [0.1, 0.15) is 5.82 Å². The Kier molecular flexibility index (Phi) is 5.76. The number of benzene rings is 1. The van der Waals surface area contributed by atoms with Crippen LogP contribution in [0.5, 0.6) is 0 Å². The molecule has 1 amide bonds. The Hall–Kier alpha value is -2.70. The third kappa shape index (κ3) is 4.71. The summed E-state index contributed by atoms with van der Waals surface area (Å²) in [6, 6.07) is 1.15. The molecule has 0 spiro atoms. The number of amides is 1. The Labute approximate surface area is 165 Å². The third-order valence-corrected chi connectivity index (χ3v) is 4.66. The molecule has 0 saturated heterocycles. The molecule has 1 aromatic carbocycles. The Morgan fingerprint density at radius 1 is 1.10 bits per heavy atom. The lowest BCUT2D eigenvalue weighted by atomic mass is 10.0. The van der Waals surface area contributed by atoms with E-state index in [1.165, 1.54) is 4.90 Å². The number of carbonyl (C=O) groups excluding carboxylic acids is 1. The Balaban J connectivity index is 1.61. The monoisotopic (exact) mass is 439 g/mol. The van der Waals surface area contributed by atoms with Crippen molar-refractivity contribution in [2.75, 3.05) is 6.54 Å². The summed E-state index contributed by atoms with van der Waals surface area (Å²) in [7, 11) is 0. The Bertz CT molecular complexity index is 938. The maximum absolute atomic E-state index is 13.9. The van der Waals surface area contributed by atoms with Crippen molar-refractivity contribution >= 4 is 5.91 Å². The highest BCUT2D eigenvalue weighted by Gasteiger charge is 2.40. The number of fused-ring (bicyclic) bond motifs is 1. The predicted octanol–water partition coefficient (Wildman–Crippen LogP) is 2.76. The van der Waals surface area contributed by atoms with Gasteiger partial charge in [-0.25, -0.2) is 4.39 Å². The van der Waals surface area contributed by atoms with Crippen LogP contribution in [0.3, 0.4) is 0 Å². The van der Waals surface area contributed by atoms with Crippen LogP contribution in [0.25, 0.3) is 0 Å². The minimum absolute atomic E-state index is 0.0195. The topological polar surface area (TPSA) is 77.0 Å². The minimum Gasteiger partial charge on any atom is -0.333 e. The van der Waals surface area contributed by atoms with Gasteiger partial charge in [-0.2, -0.15) is 26.3 Å². The van der Waals surface area contributed by atoms with Gasteiger partial charge in [0, 0.05) is 25.6 Å². The van der Waals surface area contributed by atoms with E-state index < -0.39 is 41.5 Å². The standard InChI is InChI=1S/C17H16F7N5O/c18-12-6-10(16(19,20)21)2-1-9(12)5-11(25)7-14(30)28-3-4-29-13(8-28)26-27-15(29)17(22,23)24/h1-2,6,11H,3-5,7-8,25H2/t11-/m1/s1. The second-order valence-electron chi connectivity index (χ2n) is 6.88. The van der Waals surface area contributed by atoms with E-state index in [0.29, 0.717) is 6.07 Å². The van der Waals surface area contributed by atoms with E-state index in [1.54, 1.807) is 0 Å². The van der Waals surface area contributed by atoms with Crippen molar-refractivity contribution in [1.82, 2.24) is 19.7 Å². The number of nitrogens with two attached hydrogens (primary N) is 1. The molecule has 2 N–H and O–H groups in total. The van der Waals surface area contributed by atoms with Gasteiger partial charge in [0.2, 0.25) is 11.7 Å². The van der Waals surface area contributed by atoms with Crippen LogP contribution >= 0.6 is 0 Å². The normalized spacial score (nSPS) is 15.8. The molecule has 1 aliphatic heterocycles. The van der Waals surface area contributed by atoms with Gasteiger partial charge >= 0.3 is 12.4 Å². The lowest BCUT2D eigenvalue weighted by molar-refractivity contribution is -0.148. The lowest BCUT2D eigenvalue weighted by Gasteiger charge is -2.29. The van der Waals surface area contributed by atoms with E-state index in [4.69, 9.17) is 5.73 Å². The highest BCUT2D eigenvalue weighted by atomic mass is 19.4. The second-order valence-corrected chi connectivity index (χ2v) is 6.88. The zero-order valence-electron chi connectivity index (χ0n) is 15.3. The first-order valence-electron chi connectivity index (χ1n) is 8.74. The van der Waals surface area contributed by atoms with Crippen LogP contribution in [0.4, 0.5) is 30.7 Å². The van der Waals surface area contributed by atoms with E-state index >= 15 is 0 Å². The number of hydrogen-bond donors (Lipinski definition) is 1. The van der Waals surface area contributed by atoms with Crippen LogP contribution in [0.15, 0.2) is 18.2 Å². The summed E-state index contributed by atoms with van der Waals surface area (Å²) >= 11 is 0. The number of halogens is 7. The molecule has 13 heteroatoms. The molecular formula is C17H16F7N5O. The van der Waals surface area contributed by atoms with E-state index in [1.807, 2.05) is 0 Å². The molecule has 0 radical (unpaired) electrons. The largest absolute Gasteiger partial charge is 0.451 e. The highest BCUT2D eigenvalue weighted by molar-refractivity contribution is 5.76. The smallest absolute Gasteiger partial charge is 0.333 e. The maximum atomic E-state index is 13.9. The van der Waals surface area contributed by atoms with Crippen LogP contribution in [-0.4, -0.2) is 38.2 Å². The molecule has 6 nitrogen and oxygen atoms in total. The zero-order valence-corrected chi connectivity index (χ0v) is 15.3. The van der Waals surface area contributed by atoms with Crippen LogP contribution < -0.4 is 5.73 Å². The average Bonchev–Trinajstić information content (AvgIpc) is 3.06. The second kappa shape index (κ2) is 7.85. The van der Waals surface area contributed by atoms with Crippen LogP contribution in [0.2, 0.25) is 0 Å². The molecule has 30 heavy (non-hydrogen) atoms. The predicted molar refractivity (Wildman–Crippen MR) is 88.1 cm³/mol. The van der Waals surface area contributed by atoms with Crippen molar-refractivity contribution in [3.8, 4) is 0 Å². The van der Waals surface area contributed by atoms with Gasteiger partial charge in [0.05, 0.1) is 12.1 Å². The summed E-state index contributed by atoms with van der Waals surface area (Å²) in [4.78, 5) is 13.7. The quantitative estimate of drug-likeness (QED) is 0.744. The molecule has 0 unspecified atom stereocenters. The number of alkyl halides is 6. The fourth-order valence-electron chi connectivity index (χ4n) is 3.18. The third-order valence-electron chi connectivity index (χ3n) is 4.66. The highest BCUT2D eigenvalue weighted by Crippen LogP contribution is 2.31. The van der Waals surface area contributed by atoms with Gasteiger partial charge in [-0.15, -0.1) is 10.2 Å². The lowest BCUT2D eigenvalue weighted by Crippen LogP contribution is -2.42. The molecular weight excluding hydrogens is 423 g/mol. The van der Waals surface area contributed by atoms with Gasteiger partial charge < -0.3 is 15.2 Å². The number of nitrogens with zero attached hydrogens (tertiary/aromatic N) is 4. The molecule has 164 valence electrons. The van der Waals surface area contributed by atoms with E-state index in [0.717, 1.165) is 16.7 Å². The van der Waals surface area contributed by atoms with Crippen molar-refractivity contribution in [1.29, 1.82) is 0 Å². The zero-order chi connectivity index (χ0) is 22.3. The molecule has 2 heterocycles. The molecule has 0 saturated carbocycles. The number of aromatic nitrogens is 3. The van der Waals surface area contributed by atoms with E-state index in [2.05, 4.69) is 10.2 Å². The summed E-state index contributed by atoms with van der Waals surface area (Å²) < 4.78 is 91.2. The molecule has 0 fully saturated rings. The summed E-state index contributed by atoms with van der Waals surface area (Å²) in [6.45, 7) is -0.358. The van der Waals surface area contributed by atoms with Crippen molar-refractivity contribution < 1.29 is 35.5 Å². The van der Waals surface area contributed by atoms with E-state index in [9.17, 15) is 35.5 Å². The Morgan fingerprint density at radius 3 is 2.40 bits per heavy atom. The van der Waals surface area contributed by atoms with Crippen LogP contribution in [-0.2, 0) is 36.7 Å². The molecule has 1 aliphatic rings. The fraction of sp³-hybridized carbons (Fsp3) is 0.471. The van der Waals surface area contributed by atoms with Gasteiger partial charge in [-0.1, -0.05) is 6.07 Å². The van der Waals surface area contributed by atoms with Crippen molar-refractivity contribution in [3.63, 3.8) is 0 Å². The summed E-state index contributed by atoms with van der Waals surface area (Å²) in [6.07, 6.45) is -9.79. The fourth-order valence-corrected chi connectivity index (χ4v) is 3.18. The van der Waals surface area contributed by atoms with Gasteiger partial charge in [0.25, 0.3) is 0 Å². The number of rotatable bonds is 4. The summed E-state index contributed by atoms with van der Waals surface area (Å²) in [5.41, 5.74) is 4.64. The van der Waals surface area contributed by atoms with Gasteiger partial charge in [0.15, 0.2) is 5.82 Å². The average molecular weight is 439 g/mol. The maximum Gasteiger partial charge on any atom is 0.451 e. The molecule has 1 aromatic heterocycles. The van der Waals surface area contributed by atoms with Gasteiger partial charge in [-0.3, -0.25) is 4.79 Å². The molecule has 0 aliphatic carbocycles. The van der Waals surface area contributed by atoms with Gasteiger partial charge in [-0.05, 0) is 24.1 Å². The Morgan fingerprint density at radius 2 is 1.80 bits per heavy atom. The number of carbonyl (C=O) groups is 1. The first-order chi connectivity index (χ1) is 13.9. The van der Waals surface area contributed by atoms with Crippen molar-refractivity contribution in [2.24, 2.45) is 5.73 Å². The van der Waals surface area contributed by atoms with Crippen LogP contribution in [0, 0.1) is 5.82 Å². The molecule has 1 atom stereocenters. The molecule has 0 bridgehead atoms. The first-order valence-corrected chi connectivity index (χ1v) is 8.74. The summed E-state index contributed by atoms with van der Waals surface area (Å²) in [5, 5.41) is 6.59. The molecule has 2 aromatic rings. The molecule has 3 rings (SSSR count). The van der Waals surface area contributed by atoms with Crippen molar-refractivity contribution in [2.45, 2.75) is 44.3 Å². The van der Waals surface area contributed by atoms with Crippen molar-refractivity contribution in [3.05, 3.63) is 46.8 Å². The SMILES string of the molecule is N[C@@H](CC(=O)N1CCn2c(nnc2C(F)(F)F)C1)Cc1ccc(C(F)(F)F)cc1F.